The summed E-state index contributed by atoms with van der Waals surface area (Å²) in [5.41, 5.74) is 0. The molecule has 21 heavy (non-hydrogen) atoms. The van der Waals surface area contributed by atoms with E-state index < -0.39 is 0 Å². The molecule has 0 amide bonds. The molecule has 1 rings (SSSR count). The van der Waals surface area contributed by atoms with Crippen molar-refractivity contribution in [2.24, 2.45) is 0 Å². The summed E-state index contributed by atoms with van der Waals surface area (Å²) in [5.74, 6) is 0.524. The predicted octanol–water partition coefficient (Wildman–Crippen LogP) is 1.80. The molecule has 120 valence electrons. The first kappa shape index (κ1) is 17.9. The maximum atomic E-state index is 5.89. The highest BCUT2D eigenvalue weighted by atomic mass is 35.5. The maximum absolute atomic E-state index is 5.89. The van der Waals surface area contributed by atoms with Gasteiger partial charge >= 0.3 is 6.01 Å². The second-order valence-corrected chi connectivity index (χ2v) is 4.50. The Balaban J connectivity index is 2.41. The zero-order valence-corrected chi connectivity index (χ0v) is 13.6. The number of halogens is 1. The monoisotopic (exact) mass is 318 g/mol. The Hall–Kier alpha value is -1.18. The summed E-state index contributed by atoms with van der Waals surface area (Å²) in [7, 11) is 1.67. The maximum Gasteiger partial charge on any atom is 0.322 e. The fourth-order valence-electron chi connectivity index (χ4n) is 1.63. The molecular weight excluding hydrogens is 296 g/mol. The van der Waals surface area contributed by atoms with Gasteiger partial charge < -0.3 is 19.1 Å². The largest absolute Gasteiger partial charge is 0.461 e. The molecule has 0 aromatic carbocycles. The quantitative estimate of drug-likeness (QED) is 0.576. The second-order valence-electron chi connectivity index (χ2n) is 4.17. The molecule has 7 nitrogen and oxygen atoms in total. The summed E-state index contributed by atoms with van der Waals surface area (Å²) < 4.78 is 15.8. The van der Waals surface area contributed by atoms with Gasteiger partial charge in [0.25, 0.3) is 0 Å². The summed E-state index contributed by atoms with van der Waals surface area (Å²) in [6.45, 7) is 7.79. The standard InChI is InChI=1S/C13H23ClN4O3/c1-4-18(5-2)12-15-11(14)16-13(17-12)21-10-9-20-8-6-7-19-3/h4-10H2,1-3H3. The lowest BCUT2D eigenvalue weighted by molar-refractivity contribution is 0.0783. The van der Waals surface area contributed by atoms with Crippen LogP contribution in [0.15, 0.2) is 0 Å². The van der Waals surface area contributed by atoms with Crippen LogP contribution in [-0.2, 0) is 9.47 Å². The van der Waals surface area contributed by atoms with Crippen LogP contribution in [0.5, 0.6) is 6.01 Å². The predicted molar refractivity (Wildman–Crippen MR) is 81.2 cm³/mol. The molecule has 0 bridgehead atoms. The Bertz CT molecular complexity index is 405. The smallest absolute Gasteiger partial charge is 0.322 e. The van der Waals surface area contributed by atoms with E-state index in [4.69, 9.17) is 25.8 Å². The van der Waals surface area contributed by atoms with Gasteiger partial charge in [0.1, 0.15) is 6.61 Å². The summed E-state index contributed by atoms with van der Waals surface area (Å²) in [6.07, 6.45) is 0.861. The molecule has 1 aromatic heterocycles. The topological polar surface area (TPSA) is 69.6 Å². The third kappa shape index (κ3) is 6.88. The van der Waals surface area contributed by atoms with Crippen molar-refractivity contribution in [3.63, 3.8) is 0 Å². The molecule has 0 aliphatic heterocycles. The van der Waals surface area contributed by atoms with Gasteiger partial charge in [-0.1, -0.05) is 0 Å². The second kappa shape index (κ2) is 10.5. The van der Waals surface area contributed by atoms with E-state index in [1.165, 1.54) is 0 Å². The van der Waals surface area contributed by atoms with Gasteiger partial charge in [-0.3, -0.25) is 0 Å². The minimum absolute atomic E-state index is 0.128. The number of nitrogens with zero attached hydrogens (tertiary/aromatic N) is 4. The molecule has 0 fully saturated rings. The molecule has 0 saturated carbocycles. The molecule has 0 atom stereocenters. The summed E-state index contributed by atoms with van der Waals surface area (Å²) >= 11 is 5.89. The van der Waals surface area contributed by atoms with Crippen molar-refractivity contribution >= 4 is 17.5 Å². The molecule has 8 heteroatoms. The Labute approximate surface area is 130 Å². The van der Waals surface area contributed by atoms with Gasteiger partial charge in [-0.05, 0) is 31.9 Å². The SMILES string of the molecule is CCN(CC)c1nc(Cl)nc(OCCOCCCOC)n1. The van der Waals surface area contributed by atoms with E-state index in [1.807, 2.05) is 18.7 Å². The molecule has 0 aliphatic rings. The molecule has 0 spiro atoms. The van der Waals surface area contributed by atoms with Crippen LogP contribution in [0.4, 0.5) is 5.95 Å². The highest BCUT2D eigenvalue weighted by Gasteiger charge is 2.10. The summed E-state index contributed by atoms with van der Waals surface area (Å²) in [6, 6.07) is 0.220. The average molecular weight is 319 g/mol. The van der Waals surface area contributed by atoms with Crippen LogP contribution < -0.4 is 9.64 Å². The molecule has 0 unspecified atom stereocenters. The number of ether oxygens (including phenoxy) is 3. The third-order valence-electron chi connectivity index (χ3n) is 2.72. The van der Waals surface area contributed by atoms with Crippen LogP contribution in [0, 0.1) is 0 Å². The van der Waals surface area contributed by atoms with Crippen LogP contribution in [0.1, 0.15) is 20.3 Å². The lowest BCUT2D eigenvalue weighted by atomic mass is 10.5. The third-order valence-corrected chi connectivity index (χ3v) is 2.89. The van der Waals surface area contributed by atoms with Crippen molar-refractivity contribution in [2.75, 3.05) is 51.5 Å². The van der Waals surface area contributed by atoms with E-state index >= 15 is 0 Å². The Kier molecular flexibility index (Phi) is 8.96. The lowest BCUT2D eigenvalue weighted by Gasteiger charge is -2.18. The van der Waals surface area contributed by atoms with Gasteiger partial charge in [-0.25, -0.2) is 0 Å². The number of rotatable bonds is 11. The minimum atomic E-state index is 0.128. The molecule has 1 aromatic rings. The van der Waals surface area contributed by atoms with Crippen molar-refractivity contribution in [1.82, 2.24) is 15.0 Å². The van der Waals surface area contributed by atoms with Gasteiger partial charge in [0.05, 0.1) is 6.61 Å². The minimum Gasteiger partial charge on any atom is -0.461 e. The number of anilines is 1. The Morgan fingerprint density at radius 3 is 2.43 bits per heavy atom. The van der Waals surface area contributed by atoms with Crippen molar-refractivity contribution in [3.8, 4) is 6.01 Å². The number of hydrogen-bond donors (Lipinski definition) is 0. The van der Waals surface area contributed by atoms with Crippen molar-refractivity contribution < 1.29 is 14.2 Å². The molecule has 1 heterocycles. The molecule has 0 aliphatic carbocycles. The first-order valence-electron chi connectivity index (χ1n) is 7.07. The number of hydrogen-bond acceptors (Lipinski definition) is 7. The summed E-state index contributed by atoms with van der Waals surface area (Å²) in [5, 5.41) is 0.128. The Morgan fingerprint density at radius 2 is 1.76 bits per heavy atom. The molecule has 0 radical (unpaired) electrons. The van der Waals surface area contributed by atoms with Gasteiger partial charge in [-0.2, -0.15) is 15.0 Å². The highest BCUT2D eigenvalue weighted by Crippen LogP contribution is 2.14. The molecular formula is C13H23ClN4O3. The van der Waals surface area contributed by atoms with Crippen molar-refractivity contribution in [1.29, 1.82) is 0 Å². The van der Waals surface area contributed by atoms with Gasteiger partial charge in [0, 0.05) is 33.4 Å². The first-order valence-corrected chi connectivity index (χ1v) is 7.45. The summed E-state index contributed by atoms with van der Waals surface area (Å²) in [4.78, 5) is 14.3. The van der Waals surface area contributed by atoms with Crippen LogP contribution in [0.2, 0.25) is 5.28 Å². The number of methoxy groups -OCH3 is 1. The van der Waals surface area contributed by atoms with Gasteiger partial charge in [0.2, 0.25) is 11.2 Å². The zero-order chi connectivity index (χ0) is 15.5. The lowest BCUT2D eigenvalue weighted by Crippen LogP contribution is -2.24. The van der Waals surface area contributed by atoms with E-state index in [9.17, 15) is 0 Å². The zero-order valence-electron chi connectivity index (χ0n) is 12.8. The molecule has 0 N–H and O–H groups in total. The van der Waals surface area contributed by atoms with Crippen molar-refractivity contribution in [3.05, 3.63) is 5.28 Å². The fourth-order valence-corrected chi connectivity index (χ4v) is 1.78. The van der Waals surface area contributed by atoms with E-state index in [-0.39, 0.29) is 11.3 Å². The van der Waals surface area contributed by atoms with Crippen molar-refractivity contribution in [2.45, 2.75) is 20.3 Å². The number of aromatic nitrogens is 3. The van der Waals surface area contributed by atoms with Crippen LogP contribution in [0.25, 0.3) is 0 Å². The van der Waals surface area contributed by atoms with Crippen LogP contribution >= 0.6 is 11.6 Å². The molecule has 0 saturated heterocycles. The van der Waals surface area contributed by atoms with Gasteiger partial charge in [-0.15, -0.1) is 0 Å². The fraction of sp³-hybridized carbons (Fsp3) is 0.769. The Morgan fingerprint density at radius 1 is 1.00 bits per heavy atom. The van der Waals surface area contributed by atoms with Crippen LogP contribution in [-0.4, -0.2) is 61.6 Å². The van der Waals surface area contributed by atoms with Crippen LogP contribution in [0.3, 0.4) is 0 Å². The average Bonchev–Trinajstić information content (AvgIpc) is 2.47. The van der Waals surface area contributed by atoms with Gasteiger partial charge in [0.15, 0.2) is 0 Å². The van der Waals surface area contributed by atoms with E-state index in [0.717, 1.165) is 19.5 Å². The normalized spacial score (nSPS) is 10.7. The van der Waals surface area contributed by atoms with E-state index in [1.54, 1.807) is 7.11 Å². The van der Waals surface area contributed by atoms with E-state index in [2.05, 4.69) is 15.0 Å². The highest BCUT2D eigenvalue weighted by molar-refractivity contribution is 6.28. The first-order chi connectivity index (χ1) is 10.2. The van der Waals surface area contributed by atoms with E-state index in [0.29, 0.717) is 32.4 Å².